The van der Waals surface area contributed by atoms with E-state index in [0.29, 0.717) is 21.3 Å². The normalized spacial score (nSPS) is 11.0. The second-order valence-electron chi connectivity index (χ2n) is 5.62. The topological polar surface area (TPSA) is 86.7 Å². The summed E-state index contributed by atoms with van der Waals surface area (Å²) in [5, 5.41) is 0. The van der Waals surface area contributed by atoms with Gasteiger partial charge in [0.25, 0.3) is 0 Å². The van der Waals surface area contributed by atoms with Gasteiger partial charge in [-0.05, 0) is 51.8 Å². The molecule has 0 aromatic heterocycles. The van der Waals surface area contributed by atoms with Crippen LogP contribution in [-0.4, -0.2) is 40.1 Å². The third-order valence-electron chi connectivity index (χ3n) is 3.43. The van der Waals surface area contributed by atoms with Gasteiger partial charge >= 0.3 is 5.97 Å². The first-order valence-electron chi connectivity index (χ1n) is 7.50. The zero-order valence-corrected chi connectivity index (χ0v) is 16.6. The van der Waals surface area contributed by atoms with Crippen molar-refractivity contribution < 1.29 is 27.5 Å². The van der Waals surface area contributed by atoms with Gasteiger partial charge in [0.05, 0.1) is 22.9 Å². The van der Waals surface area contributed by atoms with E-state index in [-0.39, 0.29) is 17.1 Å². The van der Waals surface area contributed by atoms with E-state index in [9.17, 15) is 18.0 Å². The first-order chi connectivity index (χ1) is 12.2. The van der Waals surface area contributed by atoms with E-state index in [1.165, 1.54) is 19.2 Å². The highest BCUT2D eigenvalue weighted by atomic mass is 79.9. The van der Waals surface area contributed by atoms with Crippen molar-refractivity contribution >= 4 is 37.5 Å². The fourth-order valence-electron chi connectivity index (χ4n) is 2.18. The molecule has 0 heterocycles. The van der Waals surface area contributed by atoms with Crippen molar-refractivity contribution in [3.63, 3.8) is 0 Å². The predicted octanol–water partition coefficient (Wildman–Crippen LogP) is 3.04. The fraction of sp³-hybridized carbons (Fsp3) is 0.222. The molecule has 0 fully saturated rings. The number of methoxy groups -OCH3 is 1. The third-order valence-corrected chi connectivity index (χ3v) is 4.90. The van der Waals surface area contributed by atoms with Crippen molar-refractivity contribution in [3.8, 4) is 5.75 Å². The average molecular weight is 441 g/mol. The Morgan fingerprint density at radius 2 is 1.65 bits per heavy atom. The molecule has 2 rings (SSSR count). The SMILES string of the molecule is COc1ccc(C(=O)COC(=O)c2ccc(CS(C)(=O)=O)cc2)cc1Br. The van der Waals surface area contributed by atoms with Crippen LogP contribution < -0.4 is 4.74 Å². The van der Waals surface area contributed by atoms with Gasteiger partial charge in [-0.3, -0.25) is 4.79 Å². The number of carbonyl (C=O) groups is 2. The Labute approximate surface area is 160 Å². The zero-order chi connectivity index (χ0) is 19.3. The molecule has 0 spiro atoms. The fourth-order valence-corrected chi connectivity index (χ4v) is 3.52. The number of benzene rings is 2. The van der Waals surface area contributed by atoms with E-state index in [2.05, 4.69) is 15.9 Å². The molecule has 0 bridgehead atoms. The number of hydrogen-bond acceptors (Lipinski definition) is 6. The summed E-state index contributed by atoms with van der Waals surface area (Å²) in [5.74, 6) is -0.521. The van der Waals surface area contributed by atoms with Crippen LogP contribution in [0.3, 0.4) is 0 Å². The van der Waals surface area contributed by atoms with E-state index in [0.717, 1.165) is 6.26 Å². The van der Waals surface area contributed by atoms with Crippen LogP contribution in [-0.2, 0) is 20.3 Å². The first kappa shape index (κ1) is 20.1. The molecule has 8 heteroatoms. The summed E-state index contributed by atoms with van der Waals surface area (Å²) >= 11 is 3.29. The highest BCUT2D eigenvalue weighted by Crippen LogP contribution is 2.25. The predicted molar refractivity (Wildman–Crippen MR) is 100 cm³/mol. The molecule has 0 radical (unpaired) electrons. The Hall–Kier alpha value is -2.19. The van der Waals surface area contributed by atoms with Crippen molar-refractivity contribution in [1.82, 2.24) is 0 Å². The molecule has 2 aromatic rings. The van der Waals surface area contributed by atoms with Gasteiger partial charge in [-0.25, -0.2) is 13.2 Å². The summed E-state index contributed by atoms with van der Waals surface area (Å²) in [4.78, 5) is 24.2. The molecule has 0 saturated heterocycles. The van der Waals surface area contributed by atoms with Gasteiger partial charge in [0.1, 0.15) is 5.75 Å². The number of sulfone groups is 1. The summed E-state index contributed by atoms with van der Waals surface area (Å²) in [6, 6.07) is 10.8. The monoisotopic (exact) mass is 440 g/mol. The van der Waals surface area contributed by atoms with Crippen molar-refractivity contribution in [2.75, 3.05) is 20.0 Å². The Balaban J connectivity index is 1.97. The minimum atomic E-state index is -3.14. The van der Waals surface area contributed by atoms with Gasteiger partial charge in [-0.15, -0.1) is 0 Å². The Morgan fingerprint density at radius 3 is 2.19 bits per heavy atom. The minimum absolute atomic E-state index is 0.104. The average Bonchev–Trinajstić information content (AvgIpc) is 2.58. The molecule has 0 aliphatic heterocycles. The number of carbonyl (C=O) groups excluding carboxylic acids is 2. The van der Waals surface area contributed by atoms with Gasteiger partial charge in [-0.1, -0.05) is 12.1 Å². The van der Waals surface area contributed by atoms with Crippen molar-refractivity contribution in [2.45, 2.75) is 5.75 Å². The quantitative estimate of drug-likeness (QED) is 0.485. The van der Waals surface area contributed by atoms with Crippen LogP contribution in [0, 0.1) is 0 Å². The lowest BCUT2D eigenvalue weighted by molar-refractivity contribution is 0.0474. The summed E-state index contributed by atoms with van der Waals surface area (Å²) in [6.45, 7) is -0.400. The summed E-state index contributed by atoms with van der Waals surface area (Å²) < 4.78 is 33.3. The Morgan fingerprint density at radius 1 is 1.04 bits per heavy atom. The molecule has 0 amide bonds. The lowest BCUT2D eigenvalue weighted by atomic mass is 10.1. The van der Waals surface area contributed by atoms with Crippen LogP contribution in [0.15, 0.2) is 46.9 Å². The first-order valence-corrected chi connectivity index (χ1v) is 10.4. The lowest BCUT2D eigenvalue weighted by Gasteiger charge is -2.07. The van der Waals surface area contributed by atoms with Crippen LogP contribution in [0.4, 0.5) is 0 Å². The number of halogens is 1. The smallest absolute Gasteiger partial charge is 0.338 e. The minimum Gasteiger partial charge on any atom is -0.496 e. The number of Topliss-reactive ketones (excluding diaryl/α,β-unsaturated/α-hetero) is 1. The summed E-state index contributed by atoms with van der Waals surface area (Å²) in [7, 11) is -1.63. The number of hydrogen-bond donors (Lipinski definition) is 0. The van der Waals surface area contributed by atoms with Crippen LogP contribution in [0.25, 0.3) is 0 Å². The molecule has 0 saturated carbocycles. The molecule has 0 N–H and O–H groups in total. The highest BCUT2D eigenvalue weighted by Gasteiger charge is 2.14. The lowest BCUT2D eigenvalue weighted by Crippen LogP contribution is -2.14. The van der Waals surface area contributed by atoms with Crippen LogP contribution in [0.5, 0.6) is 5.75 Å². The van der Waals surface area contributed by atoms with Gasteiger partial charge in [-0.2, -0.15) is 0 Å². The van der Waals surface area contributed by atoms with Crippen LogP contribution in [0.2, 0.25) is 0 Å². The standard InChI is InChI=1S/C18H17BrO6S/c1-24-17-8-7-14(9-15(17)19)16(20)10-25-18(21)13-5-3-12(4-6-13)11-26(2,22)23/h3-9H,10-11H2,1-2H3. The molecule has 0 aliphatic rings. The molecule has 0 atom stereocenters. The van der Waals surface area contributed by atoms with Gasteiger partial charge in [0.15, 0.2) is 22.2 Å². The highest BCUT2D eigenvalue weighted by molar-refractivity contribution is 9.10. The van der Waals surface area contributed by atoms with Gasteiger partial charge in [0, 0.05) is 11.8 Å². The second kappa shape index (κ2) is 8.46. The number of ketones is 1. The van der Waals surface area contributed by atoms with E-state index >= 15 is 0 Å². The largest absolute Gasteiger partial charge is 0.496 e. The number of ether oxygens (including phenoxy) is 2. The van der Waals surface area contributed by atoms with Gasteiger partial charge < -0.3 is 9.47 Å². The number of rotatable bonds is 7. The molecule has 26 heavy (non-hydrogen) atoms. The van der Waals surface area contributed by atoms with Crippen molar-refractivity contribution in [2.24, 2.45) is 0 Å². The summed E-state index contributed by atoms with van der Waals surface area (Å²) in [6.07, 6.45) is 1.14. The van der Waals surface area contributed by atoms with E-state index < -0.39 is 22.4 Å². The van der Waals surface area contributed by atoms with E-state index in [1.807, 2.05) is 0 Å². The molecule has 0 aliphatic carbocycles. The maximum atomic E-state index is 12.1. The van der Waals surface area contributed by atoms with Crippen LogP contribution >= 0.6 is 15.9 Å². The second-order valence-corrected chi connectivity index (χ2v) is 8.61. The molecular formula is C18H17BrO6S. The van der Waals surface area contributed by atoms with Crippen molar-refractivity contribution in [3.05, 3.63) is 63.6 Å². The van der Waals surface area contributed by atoms with E-state index in [1.54, 1.807) is 30.3 Å². The molecule has 6 nitrogen and oxygen atoms in total. The molecule has 2 aromatic carbocycles. The van der Waals surface area contributed by atoms with Crippen molar-refractivity contribution in [1.29, 1.82) is 0 Å². The van der Waals surface area contributed by atoms with Gasteiger partial charge in [0.2, 0.25) is 0 Å². The Bertz CT molecular complexity index is 919. The third kappa shape index (κ3) is 5.67. The van der Waals surface area contributed by atoms with Crippen LogP contribution in [0.1, 0.15) is 26.3 Å². The summed E-state index contributed by atoms with van der Waals surface area (Å²) in [5.41, 5.74) is 1.20. The zero-order valence-electron chi connectivity index (χ0n) is 14.2. The maximum absolute atomic E-state index is 12.1. The molecular weight excluding hydrogens is 424 g/mol. The molecule has 0 unspecified atom stereocenters. The van der Waals surface area contributed by atoms with E-state index in [4.69, 9.17) is 9.47 Å². The Kier molecular flexibility index (Phi) is 6.55. The molecule has 138 valence electrons. The number of esters is 1. The maximum Gasteiger partial charge on any atom is 0.338 e.